The summed E-state index contributed by atoms with van der Waals surface area (Å²) in [6.07, 6.45) is 1.28. The molecule has 0 spiro atoms. The van der Waals surface area contributed by atoms with Crippen molar-refractivity contribution in [2.75, 3.05) is 19.6 Å². The Morgan fingerprint density at radius 3 is 2.13 bits per heavy atom. The maximum absolute atomic E-state index is 13.6. The third-order valence-corrected chi connectivity index (χ3v) is 5.99. The van der Waals surface area contributed by atoms with Gasteiger partial charge in [-0.1, -0.05) is 60.7 Å². The molecule has 2 aliphatic heterocycles. The molecule has 160 valence electrons. The van der Waals surface area contributed by atoms with Crippen LogP contribution < -0.4 is 11.1 Å². The fourth-order valence-corrected chi connectivity index (χ4v) is 4.33. The minimum absolute atomic E-state index is 0.209. The van der Waals surface area contributed by atoms with Crippen LogP contribution in [0.4, 0.5) is 4.79 Å². The summed E-state index contributed by atoms with van der Waals surface area (Å²) in [5.41, 5.74) is 5.22. The first-order valence-electron chi connectivity index (χ1n) is 10.3. The van der Waals surface area contributed by atoms with Gasteiger partial charge in [0.05, 0.1) is 5.92 Å². The van der Waals surface area contributed by atoms with Crippen LogP contribution in [-0.2, 0) is 19.9 Å². The molecule has 2 saturated heterocycles. The van der Waals surface area contributed by atoms with Crippen molar-refractivity contribution in [2.45, 2.75) is 18.4 Å². The van der Waals surface area contributed by atoms with Gasteiger partial charge in [0.15, 0.2) is 5.54 Å². The number of amides is 5. The molecule has 2 aromatic rings. The highest BCUT2D eigenvalue weighted by atomic mass is 16.2. The molecule has 0 bridgehead atoms. The highest BCUT2D eigenvalue weighted by Crippen LogP contribution is 2.36. The van der Waals surface area contributed by atoms with Gasteiger partial charge in [-0.15, -0.1) is 0 Å². The van der Waals surface area contributed by atoms with Gasteiger partial charge in [0.2, 0.25) is 11.8 Å². The molecule has 2 heterocycles. The molecule has 8 nitrogen and oxygen atoms in total. The quantitative estimate of drug-likeness (QED) is 0.708. The molecular formula is C23H24N4O4. The van der Waals surface area contributed by atoms with Crippen molar-refractivity contribution in [3.63, 3.8) is 0 Å². The Kier molecular flexibility index (Phi) is 5.46. The Morgan fingerprint density at radius 1 is 1.00 bits per heavy atom. The molecule has 4 rings (SSSR count). The van der Waals surface area contributed by atoms with Gasteiger partial charge in [-0.25, -0.2) is 4.79 Å². The monoisotopic (exact) mass is 420 g/mol. The lowest BCUT2D eigenvalue weighted by molar-refractivity contribution is -0.140. The smallest absolute Gasteiger partial charge is 0.326 e. The number of carbonyl (C=O) groups excluding carboxylic acids is 4. The molecule has 1 atom stereocenters. The van der Waals surface area contributed by atoms with E-state index in [-0.39, 0.29) is 12.5 Å². The molecule has 2 aliphatic rings. The first-order chi connectivity index (χ1) is 14.9. The van der Waals surface area contributed by atoms with E-state index in [0.29, 0.717) is 30.5 Å². The predicted octanol–water partition coefficient (Wildman–Crippen LogP) is 1.21. The van der Waals surface area contributed by atoms with Gasteiger partial charge >= 0.3 is 6.03 Å². The van der Waals surface area contributed by atoms with Crippen LogP contribution in [0, 0.1) is 5.92 Å². The lowest BCUT2D eigenvalue weighted by Gasteiger charge is -2.32. The normalized spacial score (nSPS) is 20.5. The van der Waals surface area contributed by atoms with Crippen molar-refractivity contribution in [1.82, 2.24) is 15.1 Å². The third-order valence-electron chi connectivity index (χ3n) is 5.99. The number of imide groups is 1. The Bertz CT molecular complexity index is 969. The van der Waals surface area contributed by atoms with Crippen molar-refractivity contribution >= 4 is 23.8 Å². The first kappa shape index (κ1) is 20.6. The van der Waals surface area contributed by atoms with E-state index in [4.69, 9.17) is 5.73 Å². The Morgan fingerprint density at radius 2 is 1.58 bits per heavy atom. The van der Waals surface area contributed by atoms with E-state index in [2.05, 4.69) is 5.32 Å². The lowest BCUT2D eigenvalue weighted by Crippen LogP contribution is -2.49. The average Bonchev–Trinajstić information content (AvgIpc) is 3.06. The standard InChI is InChI=1S/C23H24N4O4/c24-20(29)16-8-7-13-26(14-16)19(28)15-27-21(30)23(25-22(27)31,17-9-3-1-4-10-17)18-11-5-2-6-12-18/h1-6,9-12,16H,7-8,13-15H2,(H2,24,29)(H,25,31)/t16-/m1/s1. The van der Waals surface area contributed by atoms with Crippen LogP contribution in [0.5, 0.6) is 0 Å². The number of piperidine rings is 1. The van der Waals surface area contributed by atoms with Gasteiger partial charge in [-0.3, -0.25) is 19.3 Å². The topological polar surface area (TPSA) is 113 Å². The number of nitrogens with zero attached hydrogens (tertiary/aromatic N) is 2. The van der Waals surface area contributed by atoms with Gasteiger partial charge in [0, 0.05) is 13.1 Å². The maximum Gasteiger partial charge on any atom is 0.326 e. The number of nitrogens with two attached hydrogens (primary N) is 1. The predicted molar refractivity (Wildman–Crippen MR) is 112 cm³/mol. The summed E-state index contributed by atoms with van der Waals surface area (Å²) in [6, 6.07) is 17.3. The van der Waals surface area contributed by atoms with E-state index < -0.39 is 35.8 Å². The summed E-state index contributed by atoms with van der Waals surface area (Å²) < 4.78 is 0. The van der Waals surface area contributed by atoms with Gasteiger partial charge in [0.1, 0.15) is 6.54 Å². The zero-order chi connectivity index (χ0) is 22.0. The van der Waals surface area contributed by atoms with Gasteiger partial charge in [-0.2, -0.15) is 0 Å². The van der Waals surface area contributed by atoms with Crippen molar-refractivity contribution in [2.24, 2.45) is 11.7 Å². The van der Waals surface area contributed by atoms with Crippen LogP contribution >= 0.6 is 0 Å². The van der Waals surface area contributed by atoms with Gasteiger partial charge in [-0.05, 0) is 24.0 Å². The zero-order valence-corrected chi connectivity index (χ0v) is 17.0. The number of carbonyl (C=O) groups is 4. The lowest BCUT2D eigenvalue weighted by atomic mass is 9.82. The summed E-state index contributed by atoms with van der Waals surface area (Å²) >= 11 is 0. The number of likely N-dealkylation sites (tertiary alicyclic amines) is 1. The van der Waals surface area contributed by atoms with Crippen LogP contribution in [-0.4, -0.2) is 53.2 Å². The SMILES string of the molecule is NC(=O)[C@@H]1CCCN(C(=O)CN2C(=O)NC(c3ccccc3)(c3ccccc3)C2=O)C1. The van der Waals surface area contributed by atoms with Crippen molar-refractivity contribution in [3.05, 3.63) is 71.8 Å². The molecule has 3 N–H and O–H groups in total. The van der Waals surface area contributed by atoms with Gasteiger partial charge in [0.25, 0.3) is 5.91 Å². The van der Waals surface area contributed by atoms with E-state index in [1.54, 1.807) is 48.5 Å². The van der Waals surface area contributed by atoms with E-state index in [1.165, 1.54) is 4.90 Å². The maximum atomic E-state index is 13.6. The second-order valence-electron chi connectivity index (χ2n) is 7.88. The number of hydrogen-bond donors (Lipinski definition) is 2. The van der Waals surface area contributed by atoms with Crippen LogP contribution in [0.2, 0.25) is 0 Å². The third kappa shape index (κ3) is 3.65. The largest absolute Gasteiger partial charge is 0.369 e. The van der Waals surface area contributed by atoms with Crippen LogP contribution in [0.1, 0.15) is 24.0 Å². The first-order valence-corrected chi connectivity index (χ1v) is 10.3. The molecule has 5 amide bonds. The van der Waals surface area contributed by atoms with Crippen molar-refractivity contribution < 1.29 is 19.2 Å². The summed E-state index contributed by atoms with van der Waals surface area (Å²) in [6.45, 7) is 0.284. The van der Waals surface area contributed by atoms with Crippen molar-refractivity contribution in [3.8, 4) is 0 Å². The molecule has 31 heavy (non-hydrogen) atoms. The highest BCUT2D eigenvalue weighted by Gasteiger charge is 2.54. The number of urea groups is 1. The Hall–Kier alpha value is -3.68. The molecule has 0 radical (unpaired) electrons. The Labute approximate surface area is 180 Å². The van der Waals surface area contributed by atoms with Crippen molar-refractivity contribution in [1.29, 1.82) is 0 Å². The van der Waals surface area contributed by atoms with Gasteiger partial charge < -0.3 is 16.0 Å². The number of rotatable bonds is 5. The molecule has 2 fully saturated rings. The fraction of sp³-hybridized carbons (Fsp3) is 0.304. The fourth-order valence-electron chi connectivity index (χ4n) is 4.33. The van der Waals surface area contributed by atoms with E-state index >= 15 is 0 Å². The molecular weight excluding hydrogens is 396 g/mol. The van der Waals surface area contributed by atoms with E-state index in [0.717, 1.165) is 4.90 Å². The Balaban J connectivity index is 1.62. The summed E-state index contributed by atoms with van der Waals surface area (Å²) in [7, 11) is 0. The second kappa shape index (κ2) is 8.22. The average molecular weight is 420 g/mol. The molecule has 8 heteroatoms. The second-order valence-corrected chi connectivity index (χ2v) is 7.88. The molecule has 2 aromatic carbocycles. The summed E-state index contributed by atoms with van der Waals surface area (Å²) in [5.74, 6) is -1.74. The molecule has 0 aromatic heterocycles. The minimum Gasteiger partial charge on any atom is -0.369 e. The number of benzene rings is 2. The number of hydrogen-bond acceptors (Lipinski definition) is 4. The van der Waals surface area contributed by atoms with E-state index in [1.807, 2.05) is 12.1 Å². The van der Waals surface area contributed by atoms with Crippen LogP contribution in [0.15, 0.2) is 60.7 Å². The summed E-state index contributed by atoms with van der Waals surface area (Å²) in [4.78, 5) is 53.4. The van der Waals surface area contributed by atoms with Crippen LogP contribution in [0.3, 0.4) is 0 Å². The molecule has 0 unspecified atom stereocenters. The van der Waals surface area contributed by atoms with Crippen LogP contribution in [0.25, 0.3) is 0 Å². The molecule has 0 aliphatic carbocycles. The zero-order valence-electron chi connectivity index (χ0n) is 17.0. The summed E-state index contributed by atoms with van der Waals surface area (Å²) in [5, 5.41) is 2.83. The number of primary amides is 1. The minimum atomic E-state index is -1.41. The number of nitrogens with one attached hydrogen (secondary N) is 1. The van der Waals surface area contributed by atoms with E-state index in [9.17, 15) is 19.2 Å². The molecule has 0 saturated carbocycles. The highest BCUT2D eigenvalue weighted by molar-refractivity contribution is 6.11.